The van der Waals surface area contributed by atoms with Crippen LogP contribution in [0.4, 0.5) is 0 Å². The Bertz CT molecular complexity index is 416. The van der Waals surface area contributed by atoms with E-state index in [-0.39, 0.29) is 0 Å². The van der Waals surface area contributed by atoms with Crippen molar-refractivity contribution in [2.45, 2.75) is 57.7 Å². The fourth-order valence-electron chi connectivity index (χ4n) is 3.21. The van der Waals surface area contributed by atoms with Crippen LogP contribution in [0, 0.1) is 0 Å². The summed E-state index contributed by atoms with van der Waals surface area (Å²) in [4.78, 5) is 2.68. The van der Waals surface area contributed by atoms with Crippen molar-refractivity contribution >= 4 is 0 Å². The molecule has 0 radical (unpaired) electrons. The maximum atomic E-state index is 4.57. The van der Waals surface area contributed by atoms with Crippen molar-refractivity contribution in [3.63, 3.8) is 0 Å². The van der Waals surface area contributed by atoms with Crippen LogP contribution in [0.5, 0.6) is 0 Å². The molecule has 1 unspecified atom stereocenters. The highest BCUT2D eigenvalue weighted by Gasteiger charge is 2.31. The van der Waals surface area contributed by atoms with Gasteiger partial charge in [-0.25, -0.2) is 0 Å². The summed E-state index contributed by atoms with van der Waals surface area (Å²) in [5, 5.41) is 8.19. The lowest BCUT2D eigenvalue weighted by atomic mass is 10.1. The third kappa shape index (κ3) is 3.18. The van der Waals surface area contributed by atoms with Crippen molar-refractivity contribution in [1.82, 2.24) is 20.0 Å². The van der Waals surface area contributed by atoms with Gasteiger partial charge in [-0.3, -0.25) is 9.58 Å². The first-order chi connectivity index (χ1) is 9.26. The number of nitrogens with zero attached hydrogens (tertiary/aromatic N) is 3. The molecule has 1 atom stereocenters. The molecule has 0 aromatic carbocycles. The maximum absolute atomic E-state index is 4.57. The second-order valence-electron chi connectivity index (χ2n) is 6.08. The average Bonchev–Trinajstić information content (AvgIpc) is 3.01. The Labute approximate surface area is 116 Å². The van der Waals surface area contributed by atoms with Crippen molar-refractivity contribution in [3.05, 3.63) is 17.5 Å². The smallest absolute Gasteiger partial charge is 0.0666 e. The summed E-state index contributed by atoms with van der Waals surface area (Å²) in [5.74, 6) is 0. The summed E-state index contributed by atoms with van der Waals surface area (Å²) < 4.78 is 1.97. The fourth-order valence-corrected chi connectivity index (χ4v) is 3.21. The largest absolute Gasteiger partial charge is 0.313 e. The Morgan fingerprint density at radius 3 is 2.89 bits per heavy atom. The highest BCUT2D eigenvalue weighted by Crippen LogP contribution is 2.29. The topological polar surface area (TPSA) is 33.1 Å². The van der Waals surface area contributed by atoms with Crippen LogP contribution in [0.1, 0.15) is 43.9 Å². The third-order valence-corrected chi connectivity index (χ3v) is 4.38. The molecule has 0 spiro atoms. The number of aromatic nitrogens is 2. The number of aryl methyl sites for hydroxylation is 2. The lowest BCUT2D eigenvalue weighted by Gasteiger charge is -2.25. The van der Waals surface area contributed by atoms with E-state index in [2.05, 4.69) is 28.4 Å². The Morgan fingerprint density at radius 2 is 2.26 bits per heavy atom. The SMILES string of the molecule is CCc1nn(C)cc1CN(CC1CCCN1)C1CC1. The van der Waals surface area contributed by atoms with Crippen LogP contribution in [-0.2, 0) is 20.0 Å². The molecule has 1 saturated carbocycles. The second kappa shape index (κ2) is 5.63. The first-order valence-corrected chi connectivity index (χ1v) is 7.75. The third-order valence-electron chi connectivity index (χ3n) is 4.38. The minimum atomic E-state index is 0.711. The Hall–Kier alpha value is -0.870. The zero-order chi connectivity index (χ0) is 13.2. The molecule has 2 aliphatic rings. The van der Waals surface area contributed by atoms with Gasteiger partial charge >= 0.3 is 0 Å². The lowest BCUT2D eigenvalue weighted by Crippen LogP contribution is -2.38. The number of rotatable bonds is 6. The van der Waals surface area contributed by atoms with Gasteiger partial charge in [-0.2, -0.15) is 5.10 Å². The molecule has 1 N–H and O–H groups in total. The van der Waals surface area contributed by atoms with Crippen LogP contribution in [0.25, 0.3) is 0 Å². The molecule has 4 heteroatoms. The van der Waals surface area contributed by atoms with Gasteiger partial charge in [0.05, 0.1) is 5.69 Å². The number of hydrogen-bond acceptors (Lipinski definition) is 3. The van der Waals surface area contributed by atoms with Gasteiger partial charge in [-0.1, -0.05) is 6.92 Å². The molecule has 1 aliphatic carbocycles. The zero-order valence-electron chi connectivity index (χ0n) is 12.2. The van der Waals surface area contributed by atoms with Gasteiger partial charge in [-0.05, 0) is 38.6 Å². The molecule has 1 aromatic rings. The Morgan fingerprint density at radius 1 is 1.42 bits per heavy atom. The normalized spacial score (nSPS) is 23.4. The highest BCUT2D eigenvalue weighted by atomic mass is 15.3. The molecule has 19 heavy (non-hydrogen) atoms. The van der Waals surface area contributed by atoms with Crippen molar-refractivity contribution in [3.8, 4) is 0 Å². The van der Waals surface area contributed by atoms with E-state index in [1.54, 1.807) is 0 Å². The van der Waals surface area contributed by atoms with E-state index in [1.165, 1.54) is 50.0 Å². The van der Waals surface area contributed by atoms with E-state index < -0.39 is 0 Å². The van der Waals surface area contributed by atoms with Gasteiger partial charge in [0.2, 0.25) is 0 Å². The zero-order valence-corrected chi connectivity index (χ0v) is 12.2. The molecule has 4 nitrogen and oxygen atoms in total. The maximum Gasteiger partial charge on any atom is 0.0666 e. The molecule has 3 rings (SSSR count). The van der Waals surface area contributed by atoms with E-state index in [0.717, 1.165) is 19.0 Å². The molecular formula is C15H26N4. The minimum Gasteiger partial charge on any atom is -0.313 e. The van der Waals surface area contributed by atoms with E-state index in [4.69, 9.17) is 0 Å². The van der Waals surface area contributed by atoms with Crippen LogP contribution in [0.3, 0.4) is 0 Å². The Kier molecular flexibility index (Phi) is 3.89. The van der Waals surface area contributed by atoms with E-state index in [1.807, 2.05) is 11.7 Å². The molecule has 1 aliphatic heterocycles. The molecule has 1 aromatic heterocycles. The molecule has 0 bridgehead atoms. The quantitative estimate of drug-likeness (QED) is 0.847. The Balaban J connectivity index is 1.66. The summed E-state index contributed by atoms with van der Waals surface area (Å²) >= 11 is 0. The molecular weight excluding hydrogens is 236 g/mol. The molecule has 2 fully saturated rings. The van der Waals surface area contributed by atoms with Gasteiger partial charge in [0, 0.05) is 44.0 Å². The van der Waals surface area contributed by atoms with Gasteiger partial charge in [0.1, 0.15) is 0 Å². The first-order valence-electron chi connectivity index (χ1n) is 7.75. The fraction of sp³-hybridized carbons (Fsp3) is 0.800. The summed E-state index contributed by atoms with van der Waals surface area (Å²) in [6.07, 6.45) is 8.70. The second-order valence-corrected chi connectivity index (χ2v) is 6.08. The van der Waals surface area contributed by atoms with Crippen molar-refractivity contribution in [2.75, 3.05) is 13.1 Å². The van der Waals surface area contributed by atoms with Crippen LogP contribution >= 0.6 is 0 Å². The van der Waals surface area contributed by atoms with Crippen molar-refractivity contribution < 1.29 is 0 Å². The van der Waals surface area contributed by atoms with Gasteiger partial charge in [-0.15, -0.1) is 0 Å². The van der Waals surface area contributed by atoms with E-state index in [0.29, 0.717) is 6.04 Å². The monoisotopic (exact) mass is 262 g/mol. The van der Waals surface area contributed by atoms with E-state index >= 15 is 0 Å². The summed E-state index contributed by atoms with van der Waals surface area (Å²) in [7, 11) is 2.03. The van der Waals surface area contributed by atoms with E-state index in [9.17, 15) is 0 Å². The lowest BCUT2D eigenvalue weighted by molar-refractivity contribution is 0.230. The average molecular weight is 262 g/mol. The van der Waals surface area contributed by atoms with Crippen LogP contribution < -0.4 is 5.32 Å². The van der Waals surface area contributed by atoms with Crippen molar-refractivity contribution in [1.29, 1.82) is 0 Å². The first kappa shape index (κ1) is 13.1. The number of nitrogens with one attached hydrogen (secondary N) is 1. The summed E-state index contributed by atoms with van der Waals surface area (Å²) in [5.41, 5.74) is 2.70. The van der Waals surface area contributed by atoms with Gasteiger partial charge in [0.15, 0.2) is 0 Å². The number of hydrogen-bond donors (Lipinski definition) is 1. The standard InChI is InChI=1S/C15H26N4/c1-3-15-12(9-18(2)17-15)10-19(14-6-7-14)11-13-5-4-8-16-13/h9,13-14,16H,3-8,10-11H2,1-2H3. The summed E-state index contributed by atoms with van der Waals surface area (Å²) in [6.45, 7) is 5.70. The molecule has 106 valence electrons. The highest BCUT2D eigenvalue weighted by molar-refractivity contribution is 5.17. The predicted molar refractivity (Wildman–Crippen MR) is 77.0 cm³/mol. The van der Waals surface area contributed by atoms with Crippen LogP contribution in [0.15, 0.2) is 6.20 Å². The predicted octanol–water partition coefficient (Wildman–Crippen LogP) is 1.70. The molecule has 1 saturated heterocycles. The van der Waals surface area contributed by atoms with Gasteiger partial charge in [0.25, 0.3) is 0 Å². The molecule has 0 amide bonds. The summed E-state index contributed by atoms with van der Waals surface area (Å²) in [6, 6.07) is 1.54. The van der Waals surface area contributed by atoms with Crippen LogP contribution in [0.2, 0.25) is 0 Å². The van der Waals surface area contributed by atoms with Gasteiger partial charge < -0.3 is 5.32 Å². The van der Waals surface area contributed by atoms with Crippen LogP contribution in [-0.4, -0.2) is 39.9 Å². The minimum absolute atomic E-state index is 0.711. The molecule has 2 heterocycles. The van der Waals surface area contributed by atoms with Crippen molar-refractivity contribution in [2.24, 2.45) is 7.05 Å².